The van der Waals surface area contributed by atoms with E-state index < -0.39 is 5.82 Å². The summed E-state index contributed by atoms with van der Waals surface area (Å²) in [4.78, 5) is 12.2. The van der Waals surface area contributed by atoms with E-state index in [9.17, 15) is 14.9 Å². The third-order valence-electron chi connectivity index (χ3n) is 7.50. The topological polar surface area (TPSA) is 116 Å². The SMILES string of the molecule is COc1ccc(-c2c(-c3ccc(C#N)c(C#N)c3)nc(N3C4CCC3CC(N)C4)n3ccnc23)cc1F.Cl. The van der Waals surface area contributed by atoms with Gasteiger partial charge in [-0.05, 0) is 55.5 Å². The van der Waals surface area contributed by atoms with Crippen LogP contribution < -0.4 is 15.4 Å². The number of ether oxygens (including phenoxy) is 1. The standard InChI is InChI=1S/C28H24FN7O.ClH/c1-37-24-7-4-16(11-23(24)29)25-26(17-2-3-18(14-30)19(10-17)15-31)34-28(35-9-8-33-27(25)35)36-21-5-6-22(36)13-20(32)12-21;/h2-4,7-11,20-22H,5-6,12-13,32H2,1H3;1H. The van der Waals surface area contributed by atoms with Crippen molar-refractivity contribution < 1.29 is 9.13 Å². The van der Waals surface area contributed by atoms with Crippen LogP contribution in [0.15, 0.2) is 48.8 Å². The molecule has 8 nitrogen and oxygen atoms in total. The van der Waals surface area contributed by atoms with Gasteiger partial charge in [0.05, 0.1) is 29.5 Å². The van der Waals surface area contributed by atoms with Crippen LogP contribution in [0.3, 0.4) is 0 Å². The Bertz CT molecular complexity index is 1610. The minimum atomic E-state index is -0.500. The Morgan fingerprint density at radius 3 is 2.39 bits per heavy atom. The molecule has 0 radical (unpaired) electrons. The van der Waals surface area contributed by atoms with Crippen molar-refractivity contribution in [2.75, 3.05) is 12.0 Å². The van der Waals surface area contributed by atoms with E-state index in [-0.39, 0.29) is 47.4 Å². The number of nitrogens with zero attached hydrogens (tertiary/aromatic N) is 6. The zero-order valence-electron chi connectivity index (χ0n) is 20.6. The Morgan fingerprint density at radius 1 is 1.03 bits per heavy atom. The third-order valence-corrected chi connectivity index (χ3v) is 7.50. The summed E-state index contributed by atoms with van der Waals surface area (Å²) in [6.07, 6.45) is 7.47. The lowest BCUT2D eigenvalue weighted by Crippen LogP contribution is -2.48. The number of hydrogen-bond donors (Lipinski definition) is 1. The summed E-state index contributed by atoms with van der Waals surface area (Å²) in [5.41, 5.74) is 9.92. The van der Waals surface area contributed by atoms with E-state index in [1.807, 2.05) is 10.6 Å². The van der Waals surface area contributed by atoms with Gasteiger partial charge in [0.25, 0.3) is 0 Å². The van der Waals surface area contributed by atoms with Crippen LogP contribution in [-0.4, -0.2) is 39.6 Å². The predicted octanol–water partition coefficient (Wildman–Crippen LogP) is 4.83. The van der Waals surface area contributed by atoms with E-state index in [0.717, 1.165) is 31.6 Å². The van der Waals surface area contributed by atoms with Gasteiger partial charge in [0.15, 0.2) is 11.6 Å². The molecule has 2 unspecified atom stereocenters. The van der Waals surface area contributed by atoms with Gasteiger partial charge in [-0.25, -0.2) is 14.4 Å². The van der Waals surface area contributed by atoms with Crippen LogP contribution in [0.2, 0.25) is 0 Å². The summed E-state index contributed by atoms with van der Waals surface area (Å²) in [6, 6.07) is 14.7. The number of nitriles is 2. The Balaban J connectivity index is 0.00000294. The Labute approximate surface area is 225 Å². The van der Waals surface area contributed by atoms with Crippen molar-refractivity contribution in [1.29, 1.82) is 10.5 Å². The van der Waals surface area contributed by atoms with Gasteiger partial charge < -0.3 is 15.4 Å². The molecule has 192 valence electrons. The number of benzene rings is 2. The van der Waals surface area contributed by atoms with Gasteiger partial charge in [-0.1, -0.05) is 12.1 Å². The molecule has 2 bridgehead atoms. The van der Waals surface area contributed by atoms with E-state index in [2.05, 4.69) is 22.0 Å². The average Bonchev–Trinajstić information content (AvgIpc) is 3.50. The normalized spacial score (nSPS) is 20.0. The smallest absolute Gasteiger partial charge is 0.212 e. The minimum absolute atomic E-state index is 0. The highest BCUT2D eigenvalue weighted by Crippen LogP contribution is 2.42. The fourth-order valence-corrected chi connectivity index (χ4v) is 5.87. The number of aromatic nitrogens is 3. The van der Waals surface area contributed by atoms with Gasteiger partial charge in [0, 0.05) is 36.1 Å². The molecule has 10 heteroatoms. The monoisotopic (exact) mass is 529 g/mol. The number of fused-ring (bicyclic) bond motifs is 3. The molecular weight excluding hydrogens is 505 g/mol. The molecular formula is C28H25ClFN7O. The zero-order valence-corrected chi connectivity index (χ0v) is 21.5. The van der Waals surface area contributed by atoms with Crippen LogP contribution in [0.5, 0.6) is 5.75 Å². The van der Waals surface area contributed by atoms with Crippen LogP contribution in [0.25, 0.3) is 28.0 Å². The molecule has 2 aliphatic heterocycles. The molecule has 2 fully saturated rings. The van der Waals surface area contributed by atoms with Crippen molar-refractivity contribution in [2.45, 2.75) is 43.8 Å². The minimum Gasteiger partial charge on any atom is -0.494 e. The van der Waals surface area contributed by atoms with Crippen molar-refractivity contribution >= 4 is 24.0 Å². The molecule has 0 amide bonds. The lowest BCUT2D eigenvalue weighted by Gasteiger charge is -2.39. The number of piperidine rings is 1. The lowest BCUT2D eigenvalue weighted by molar-refractivity contribution is 0.386. The van der Waals surface area contributed by atoms with Gasteiger partial charge in [-0.2, -0.15) is 10.5 Å². The van der Waals surface area contributed by atoms with Crippen LogP contribution in [0.4, 0.5) is 10.3 Å². The van der Waals surface area contributed by atoms with Crippen molar-refractivity contribution in [2.24, 2.45) is 5.73 Å². The first-order chi connectivity index (χ1) is 18.0. The fraction of sp³-hybridized carbons (Fsp3) is 0.286. The molecule has 0 spiro atoms. The van der Waals surface area contributed by atoms with Crippen molar-refractivity contribution in [3.05, 3.63) is 65.7 Å². The lowest BCUT2D eigenvalue weighted by atomic mass is 9.96. The largest absolute Gasteiger partial charge is 0.494 e. The van der Waals surface area contributed by atoms with Crippen LogP contribution in [-0.2, 0) is 0 Å². The molecule has 2 atom stereocenters. The second-order valence-electron chi connectivity index (χ2n) is 9.61. The van der Waals surface area contributed by atoms with Crippen LogP contribution in [0.1, 0.15) is 36.8 Å². The first-order valence-electron chi connectivity index (χ1n) is 12.2. The highest BCUT2D eigenvalue weighted by Gasteiger charge is 2.41. The summed E-state index contributed by atoms with van der Waals surface area (Å²) < 4.78 is 21.9. The maximum atomic E-state index is 14.9. The third kappa shape index (κ3) is 4.01. The van der Waals surface area contributed by atoms with Crippen molar-refractivity contribution in [3.8, 4) is 40.3 Å². The van der Waals surface area contributed by atoms with Crippen LogP contribution >= 0.6 is 12.4 Å². The van der Waals surface area contributed by atoms with E-state index >= 15 is 0 Å². The number of halogens is 2. The quantitative estimate of drug-likeness (QED) is 0.402. The Hall–Kier alpha value is -4.18. The summed E-state index contributed by atoms with van der Waals surface area (Å²) in [7, 11) is 1.42. The molecule has 2 aromatic heterocycles. The molecule has 2 saturated heterocycles. The molecule has 4 aromatic rings. The molecule has 0 saturated carbocycles. The zero-order chi connectivity index (χ0) is 25.7. The van der Waals surface area contributed by atoms with E-state index in [4.69, 9.17) is 15.5 Å². The number of anilines is 1. The van der Waals surface area contributed by atoms with Gasteiger partial charge in [-0.3, -0.25) is 4.40 Å². The predicted molar refractivity (Wildman–Crippen MR) is 144 cm³/mol. The van der Waals surface area contributed by atoms with Crippen molar-refractivity contribution in [3.63, 3.8) is 0 Å². The molecule has 4 heterocycles. The maximum Gasteiger partial charge on any atom is 0.212 e. The second kappa shape index (κ2) is 9.94. The van der Waals surface area contributed by atoms with Gasteiger partial charge >= 0.3 is 0 Å². The maximum absolute atomic E-state index is 14.9. The van der Waals surface area contributed by atoms with E-state index in [1.165, 1.54) is 13.2 Å². The fourth-order valence-electron chi connectivity index (χ4n) is 5.87. The summed E-state index contributed by atoms with van der Waals surface area (Å²) in [5, 5.41) is 19.1. The van der Waals surface area contributed by atoms with E-state index in [0.29, 0.717) is 28.0 Å². The molecule has 6 rings (SSSR count). The molecule has 2 N–H and O–H groups in total. The van der Waals surface area contributed by atoms with E-state index in [1.54, 1.807) is 36.5 Å². The number of rotatable bonds is 4. The Morgan fingerprint density at radius 2 is 1.74 bits per heavy atom. The summed E-state index contributed by atoms with van der Waals surface area (Å²) in [5.74, 6) is 0.392. The molecule has 0 aliphatic carbocycles. The molecule has 2 aliphatic rings. The number of methoxy groups -OCH3 is 1. The highest BCUT2D eigenvalue weighted by molar-refractivity contribution is 5.91. The average molecular weight is 530 g/mol. The number of imidazole rings is 1. The first kappa shape index (κ1) is 25.5. The molecule has 38 heavy (non-hydrogen) atoms. The number of nitrogens with two attached hydrogens (primary N) is 1. The first-order valence-corrected chi connectivity index (χ1v) is 12.2. The second-order valence-corrected chi connectivity index (χ2v) is 9.61. The van der Waals surface area contributed by atoms with Crippen LogP contribution in [0, 0.1) is 28.5 Å². The van der Waals surface area contributed by atoms with Gasteiger partial charge in [-0.15, -0.1) is 12.4 Å². The highest BCUT2D eigenvalue weighted by atomic mass is 35.5. The molecule has 2 aromatic carbocycles. The summed E-state index contributed by atoms with van der Waals surface area (Å²) in [6.45, 7) is 0. The number of hydrogen-bond acceptors (Lipinski definition) is 7. The Kier molecular flexibility index (Phi) is 6.66. The summed E-state index contributed by atoms with van der Waals surface area (Å²) >= 11 is 0. The van der Waals surface area contributed by atoms with Gasteiger partial charge in [0.2, 0.25) is 5.95 Å². The van der Waals surface area contributed by atoms with Gasteiger partial charge in [0.1, 0.15) is 17.8 Å². The van der Waals surface area contributed by atoms with Crippen molar-refractivity contribution in [1.82, 2.24) is 14.4 Å².